The van der Waals surface area contributed by atoms with Crippen molar-refractivity contribution in [2.45, 2.75) is 31.2 Å². The minimum Gasteiger partial charge on any atom is -0.396 e. The summed E-state index contributed by atoms with van der Waals surface area (Å²) in [6, 6.07) is 6.27. The molecule has 0 saturated carbocycles. The molecule has 1 unspecified atom stereocenters. The van der Waals surface area contributed by atoms with E-state index in [2.05, 4.69) is 4.72 Å². The van der Waals surface area contributed by atoms with E-state index in [0.717, 1.165) is 5.56 Å². The Morgan fingerprint density at radius 2 is 1.85 bits per heavy atom. The number of sulfonamides is 1. The van der Waals surface area contributed by atoms with Crippen molar-refractivity contribution in [2.75, 3.05) is 20.3 Å². The van der Waals surface area contributed by atoms with Crippen molar-refractivity contribution in [3.63, 3.8) is 0 Å². The second-order valence-electron chi connectivity index (χ2n) is 5.04. The molecule has 1 aromatic carbocycles. The Bertz CT molecular complexity index is 496. The summed E-state index contributed by atoms with van der Waals surface area (Å²) in [5, 5.41) is 8.84. The average molecular weight is 301 g/mol. The Labute approximate surface area is 121 Å². The molecule has 20 heavy (non-hydrogen) atoms. The first-order valence-electron chi connectivity index (χ1n) is 6.61. The fourth-order valence-corrected chi connectivity index (χ4v) is 3.14. The molecular weight excluding hydrogens is 278 g/mol. The van der Waals surface area contributed by atoms with Crippen molar-refractivity contribution in [1.82, 2.24) is 4.72 Å². The lowest BCUT2D eigenvalue weighted by Crippen LogP contribution is -2.41. The van der Waals surface area contributed by atoms with Crippen LogP contribution in [0, 0.1) is 5.92 Å². The lowest BCUT2D eigenvalue weighted by atomic mass is 10.1. The molecule has 0 aliphatic carbocycles. The molecule has 0 bridgehead atoms. The van der Waals surface area contributed by atoms with Crippen molar-refractivity contribution in [2.24, 2.45) is 5.92 Å². The predicted molar refractivity (Wildman–Crippen MR) is 78.1 cm³/mol. The minimum absolute atomic E-state index is 0.0492. The fraction of sp³-hybridized carbons (Fsp3) is 0.571. The van der Waals surface area contributed by atoms with Crippen LogP contribution in [0.15, 0.2) is 29.2 Å². The van der Waals surface area contributed by atoms with Gasteiger partial charge in [0.2, 0.25) is 10.0 Å². The third-order valence-electron chi connectivity index (χ3n) is 3.09. The van der Waals surface area contributed by atoms with Crippen LogP contribution >= 0.6 is 0 Å². The second kappa shape index (κ2) is 7.73. The van der Waals surface area contributed by atoms with Gasteiger partial charge in [-0.25, -0.2) is 13.1 Å². The zero-order valence-electron chi connectivity index (χ0n) is 12.2. The molecule has 0 aliphatic heterocycles. The smallest absolute Gasteiger partial charge is 0.240 e. The minimum atomic E-state index is -3.55. The Balaban J connectivity index is 2.86. The quantitative estimate of drug-likeness (QED) is 0.756. The van der Waals surface area contributed by atoms with Gasteiger partial charge in [-0.3, -0.25) is 0 Å². The molecule has 114 valence electrons. The van der Waals surface area contributed by atoms with E-state index in [0.29, 0.717) is 13.0 Å². The highest BCUT2D eigenvalue weighted by molar-refractivity contribution is 7.89. The molecule has 0 spiro atoms. The van der Waals surface area contributed by atoms with Crippen LogP contribution in [0.1, 0.15) is 19.4 Å². The summed E-state index contributed by atoms with van der Waals surface area (Å²) in [4.78, 5) is 0.223. The summed E-state index contributed by atoms with van der Waals surface area (Å²) in [7, 11) is -2.00. The van der Waals surface area contributed by atoms with Gasteiger partial charge in [0.15, 0.2) is 0 Å². The molecule has 0 aliphatic rings. The second-order valence-corrected chi connectivity index (χ2v) is 6.76. The van der Waals surface area contributed by atoms with Gasteiger partial charge in [-0.05, 0) is 30.0 Å². The highest BCUT2D eigenvalue weighted by Crippen LogP contribution is 2.13. The molecule has 0 fully saturated rings. The highest BCUT2D eigenvalue weighted by atomic mass is 32.2. The zero-order valence-corrected chi connectivity index (χ0v) is 13.0. The van der Waals surface area contributed by atoms with E-state index in [1.165, 1.54) is 0 Å². The molecule has 0 amide bonds. The standard InChI is InChI=1S/C14H23NO4S/c1-11(2)14(10-19-3)15-20(17,18)13-6-4-12(5-7-13)8-9-16/h4-7,11,14-16H,8-10H2,1-3H3. The third kappa shape index (κ3) is 4.86. The van der Waals surface area contributed by atoms with Gasteiger partial charge in [-0.2, -0.15) is 0 Å². The summed E-state index contributed by atoms with van der Waals surface area (Å²) in [5.41, 5.74) is 0.906. The molecule has 6 heteroatoms. The number of benzene rings is 1. The molecule has 0 saturated heterocycles. The first-order valence-corrected chi connectivity index (χ1v) is 8.10. The number of nitrogens with one attached hydrogen (secondary N) is 1. The van der Waals surface area contributed by atoms with E-state index in [1.54, 1.807) is 31.4 Å². The summed E-state index contributed by atoms with van der Waals surface area (Å²) in [6.07, 6.45) is 0.520. The summed E-state index contributed by atoms with van der Waals surface area (Å²) >= 11 is 0. The van der Waals surface area contributed by atoms with Crippen LogP contribution in [-0.4, -0.2) is 39.9 Å². The molecule has 1 atom stereocenters. The van der Waals surface area contributed by atoms with E-state index in [1.807, 2.05) is 13.8 Å². The molecule has 0 radical (unpaired) electrons. The van der Waals surface area contributed by atoms with Crippen molar-refractivity contribution in [3.8, 4) is 0 Å². The lowest BCUT2D eigenvalue weighted by molar-refractivity contribution is 0.157. The van der Waals surface area contributed by atoms with E-state index in [9.17, 15) is 8.42 Å². The van der Waals surface area contributed by atoms with Crippen LogP contribution in [0.2, 0.25) is 0 Å². The maximum atomic E-state index is 12.3. The van der Waals surface area contributed by atoms with Crippen LogP contribution in [0.5, 0.6) is 0 Å². The molecule has 0 aromatic heterocycles. The van der Waals surface area contributed by atoms with Crippen LogP contribution in [0.4, 0.5) is 0 Å². The molecular formula is C14H23NO4S. The number of aliphatic hydroxyl groups excluding tert-OH is 1. The lowest BCUT2D eigenvalue weighted by Gasteiger charge is -2.21. The van der Waals surface area contributed by atoms with Crippen LogP contribution in [0.3, 0.4) is 0 Å². The van der Waals surface area contributed by atoms with Crippen molar-refractivity contribution in [3.05, 3.63) is 29.8 Å². The average Bonchev–Trinajstić information content (AvgIpc) is 2.39. The monoisotopic (exact) mass is 301 g/mol. The van der Waals surface area contributed by atoms with Crippen molar-refractivity contribution < 1.29 is 18.3 Å². The summed E-state index contributed by atoms with van der Waals surface area (Å²) in [5.74, 6) is 0.137. The van der Waals surface area contributed by atoms with Gasteiger partial charge in [-0.15, -0.1) is 0 Å². The number of ether oxygens (including phenoxy) is 1. The van der Waals surface area contributed by atoms with Crippen molar-refractivity contribution in [1.29, 1.82) is 0 Å². The van der Waals surface area contributed by atoms with E-state index in [-0.39, 0.29) is 23.5 Å². The number of methoxy groups -OCH3 is 1. The van der Waals surface area contributed by atoms with Gasteiger partial charge in [0.05, 0.1) is 11.5 Å². The molecule has 1 aromatic rings. The first kappa shape index (κ1) is 17.1. The van der Waals surface area contributed by atoms with Crippen LogP contribution in [0.25, 0.3) is 0 Å². The Morgan fingerprint density at radius 3 is 2.30 bits per heavy atom. The maximum Gasteiger partial charge on any atom is 0.240 e. The molecule has 2 N–H and O–H groups in total. The maximum absolute atomic E-state index is 12.3. The summed E-state index contributed by atoms with van der Waals surface area (Å²) in [6.45, 7) is 4.26. The number of hydrogen-bond donors (Lipinski definition) is 2. The van der Waals surface area contributed by atoms with Crippen molar-refractivity contribution >= 4 is 10.0 Å². The van der Waals surface area contributed by atoms with Gasteiger partial charge in [-0.1, -0.05) is 26.0 Å². The topological polar surface area (TPSA) is 75.6 Å². The Hall–Kier alpha value is -0.950. The van der Waals surface area contributed by atoms with Gasteiger partial charge in [0.25, 0.3) is 0 Å². The Kier molecular flexibility index (Phi) is 6.61. The largest absolute Gasteiger partial charge is 0.396 e. The van der Waals surface area contributed by atoms with Gasteiger partial charge < -0.3 is 9.84 Å². The van der Waals surface area contributed by atoms with E-state index < -0.39 is 10.0 Å². The fourth-order valence-electron chi connectivity index (χ4n) is 1.77. The zero-order chi connectivity index (χ0) is 15.2. The van der Waals surface area contributed by atoms with Crippen LogP contribution in [-0.2, 0) is 21.2 Å². The van der Waals surface area contributed by atoms with E-state index in [4.69, 9.17) is 9.84 Å². The SMILES string of the molecule is COCC(NS(=O)(=O)c1ccc(CCO)cc1)C(C)C. The van der Waals surface area contributed by atoms with Gasteiger partial charge in [0.1, 0.15) is 0 Å². The number of aliphatic hydroxyl groups is 1. The molecule has 5 nitrogen and oxygen atoms in total. The molecule has 0 heterocycles. The van der Waals surface area contributed by atoms with Crippen LogP contribution < -0.4 is 4.72 Å². The molecule has 1 rings (SSSR count). The Morgan fingerprint density at radius 1 is 1.25 bits per heavy atom. The highest BCUT2D eigenvalue weighted by Gasteiger charge is 2.22. The normalized spacial score (nSPS) is 13.7. The number of rotatable bonds is 8. The first-order chi connectivity index (χ1) is 9.40. The van der Waals surface area contributed by atoms with E-state index >= 15 is 0 Å². The van der Waals surface area contributed by atoms with Gasteiger partial charge in [0, 0.05) is 19.8 Å². The summed E-state index contributed by atoms with van der Waals surface area (Å²) < 4.78 is 32.3. The number of hydrogen-bond acceptors (Lipinski definition) is 4. The van der Waals surface area contributed by atoms with Gasteiger partial charge >= 0.3 is 0 Å². The predicted octanol–water partition coefficient (Wildman–Crippen LogP) is 1.17. The third-order valence-corrected chi connectivity index (χ3v) is 4.60.